The second-order valence-electron chi connectivity index (χ2n) is 7.52. The lowest BCUT2D eigenvalue weighted by Gasteiger charge is -2.20. The van der Waals surface area contributed by atoms with Gasteiger partial charge in [-0.3, -0.25) is 4.79 Å². The predicted octanol–water partition coefficient (Wildman–Crippen LogP) is 6.35. The number of nitrogens with one attached hydrogen (secondary N) is 1. The van der Waals surface area contributed by atoms with E-state index in [0.29, 0.717) is 24.2 Å². The minimum Gasteiger partial charge on any atom is -0.507 e. The lowest BCUT2D eigenvalue weighted by atomic mass is 9.96. The number of allylic oxidation sites excluding steroid dienone is 5. The highest BCUT2D eigenvalue weighted by Crippen LogP contribution is 2.38. The van der Waals surface area contributed by atoms with Crippen LogP contribution in [-0.2, 0) is 12.8 Å². The molecule has 0 aromatic heterocycles. The van der Waals surface area contributed by atoms with Gasteiger partial charge in [0, 0.05) is 29.4 Å². The number of rotatable bonds is 10. The number of anilines is 1. The summed E-state index contributed by atoms with van der Waals surface area (Å²) in [7, 11) is 1.84. The van der Waals surface area contributed by atoms with Crippen molar-refractivity contribution in [1.29, 1.82) is 0 Å². The maximum atomic E-state index is 12.7. The molecule has 0 saturated heterocycles. The van der Waals surface area contributed by atoms with Gasteiger partial charge in [-0.1, -0.05) is 24.3 Å². The molecular formula is C27H33NO3. The van der Waals surface area contributed by atoms with Gasteiger partial charge in [0.2, 0.25) is 0 Å². The first kappa shape index (κ1) is 24.0. The summed E-state index contributed by atoms with van der Waals surface area (Å²) in [5.41, 5.74) is 3.89. The van der Waals surface area contributed by atoms with Gasteiger partial charge in [-0.25, -0.2) is 0 Å². The van der Waals surface area contributed by atoms with Crippen LogP contribution in [0.4, 0.5) is 5.69 Å². The van der Waals surface area contributed by atoms with Gasteiger partial charge in [0.25, 0.3) is 0 Å². The Morgan fingerprint density at radius 1 is 1.10 bits per heavy atom. The summed E-state index contributed by atoms with van der Waals surface area (Å²) in [5.74, 6) is 0.777. The van der Waals surface area contributed by atoms with Crippen LogP contribution in [-0.4, -0.2) is 24.0 Å². The number of ketones is 1. The Labute approximate surface area is 186 Å². The molecule has 2 rings (SSSR count). The summed E-state index contributed by atoms with van der Waals surface area (Å²) in [6, 6.07) is 9.25. The van der Waals surface area contributed by atoms with Crippen LogP contribution >= 0.6 is 0 Å². The number of carbonyl (C=O) groups is 1. The van der Waals surface area contributed by atoms with Crippen LogP contribution in [0.1, 0.15) is 54.7 Å². The first-order chi connectivity index (χ1) is 14.9. The fraction of sp³-hybridized carbons (Fsp3) is 0.296. The van der Waals surface area contributed by atoms with Crippen LogP contribution in [0, 0.1) is 0 Å². The minimum absolute atomic E-state index is 0.0675. The average molecular weight is 420 g/mol. The van der Waals surface area contributed by atoms with Gasteiger partial charge in [0.05, 0.1) is 6.10 Å². The third kappa shape index (κ3) is 6.61. The van der Waals surface area contributed by atoms with E-state index in [1.807, 2.05) is 77.2 Å². The molecule has 0 unspecified atom stereocenters. The number of carbonyl (C=O) groups excluding carboxylic acids is 1. The van der Waals surface area contributed by atoms with Gasteiger partial charge in [-0.2, -0.15) is 0 Å². The van der Waals surface area contributed by atoms with Gasteiger partial charge < -0.3 is 15.2 Å². The molecular weight excluding hydrogens is 386 g/mol. The van der Waals surface area contributed by atoms with Crippen molar-refractivity contribution in [3.05, 3.63) is 83.0 Å². The van der Waals surface area contributed by atoms with Crippen LogP contribution in [0.5, 0.6) is 11.5 Å². The van der Waals surface area contributed by atoms with Crippen LogP contribution < -0.4 is 10.1 Å². The molecule has 0 aliphatic carbocycles. The SMILES string of the molecule is CC=CCc1cc(C=CC(=O)c2ccc(NC)cc2)c(OC(C)C)c(CC=CC)c1O. The molecule has 0 aliphatic rings. The largest absolute Gasteiger partial charge is 0.507 e. The number of hydrogen-bond acceptors (Lipinski definition) is 4. The molecule has 2 aromatic carbocycles. The molecule has 2 N–H and O–H groups in total. The maximum Gasteiger partial charge on any atom is 0.185 e. The molecule has 0 saturated carbocycles. The number of ether oxygens (including phenoxy) is 1. The average Bonchev–Trinajstić information content (AvgIpc) is 2.77. The fourth-order valence-corrected chi connectivity index (χ4v) is 3.18. The molecule has 4 heteroatoms. The Bertz CT molecular complexity index is 967. The molecule has 0 bridgehead atoms. The topological polar surface area (TPSA) is 58.6 Å². The summed E-state index contributed by atoms with van der Waals surface area (Å²) in [6.45, 7) is 7.80. The lowest BCUT2D eigenvalue weighted by molar-refractivity contribution is 0.104. The zero-order valence-corrected chi connectivity index (χ0v) is 19.1. The lowest BCUT2D eigenvalue weighted by Crippen LogP contribution is -2.10. The van der Waals surface area contributed by atoms with Crippen LogP contribution in [0.2, 0.25) is 0 Å². The van der Waals surface area contributed by atoms with Gasteiger partial charge in [0.15, 0.2) is 5.78 Å². The van der Waals surface area contributed by atoms with E-state index < -0.39 is 0 Å². The van der Waals surface area contributed by atoms with E-state index in [2.05, 4.69) is 5.32 Å². The summed E-state index contributed by atoms with van der Waals surface area (Å²) in [5, 5.41) is 14.0. The molecule has 0 radical (unpaired) electrons. The van der Waals surface area contributed by atoms with E-state index in [9.17, 15) is 9.90 Å². The Morgan fingerprint density at radius 3 is 2.32 bits per heavy atom. The molecule has 164 valence electrons. The summed E-state index contributed by atoms with van der Waals surface area (Å²) in [6.07, 6.45) is 12.3. The van der Waals surface area contributed by atoms with Crippen molar-refractivity contribution in [2.75, 3.05) is 12.4 Å². The molecule has 0 heterocycles. The van der Waals surface area contributed by atoms with E-state index in [1.165, 1.54) is 0 Å². The summed E-state index contributed by atoms with van der Waals surface area (Å²) in [4.78, 5) is 12.7. The van der Waals surface area contributed by atoms with E-state index in [-0.39, 0.29) is 17.6 Å². The smallest absolute Gasteiger partial charge is 0.185 e. The van der Waals surface area contributed by atoms with Crippen molar-refractivity contribution in [3.8, 4) is 11.5 Å². The van der Waals surface area contributed by atoms with Crippen molar-refractivity contribution in [3.63, 3.8) is 0 Å². The highest BCUT2D eigenvalue weighted by atomic mass is 16.5. The Hall–Kier alpha value is -3.27. The Kier molecular flexibility index (Phi) is 9.13. The predicted molar refractivity (Wildman–Crippen MR) is 130 cm³/mol. The molecule has 2 aromatic rings. The number of phenols is 1. The Balaban J connectivity index is 2.52. The molecule has 0 amide bonds. The van der Waals surface area contributed by atoms with Gasteiger partial charge in [-0.05, 0) is 88.6 Å². The molecule has 0 spiro atoms. The monoisotopic (exact) mass is 419 g/mol. The highest BCUT2D eigenvalue weighted by molar-refractivity contribution is 6.07. The van der Waals surface area contributed by atoms with E-state index in [1.54, 1.807) is 24.3 Å². The summed E-state index contributed by atoms with van der Waals surface area (Å²) >= 11 is 0. The van der Waals surface area contributed by atoms with Gasteiger partial charge >= 0.3 is 0 Å². The Morgan fingerprint density at radius 2 is 1.74 bits per heavy atom. The molecule has 31 heavy (non-hydrogen) atoms. The molecule has 0 fully saturated rings. The van der Waals surface area contributed by atoms with Gasteiger partial charge in [0.1, 0.15) is 11.5 Å². The second kappa shape index (κ2) is 11.8. The zero-order valence-electron chi connectivity index (χ0n) is 19.1. The van der Waals surface area contributed by atoms with Crippen molar-refractivity contribution in [1.82, 2.24) is 0 Å². The number of hydrogen-bond donors (Lipinski definition) is 2. The quantitative estimate of drug-likeness (QED) is 0.267. The molecule has 0 aliphatic heterocycles. The third-order valence-electron chi connectivity index (χ3n) is 4.81. The summed E-state index contributed by atoms with van der Waals surface area (Å²) < 4.78 is 6.10. The second-order valence-corrected chi connectivity index (χ2v) is 7.52. The van der Waals surface area contributed by atoms with Crippen LogP contribution in [0.3, 0.4) is 0 Å². The molecule has 0 atom stereocenters. The zero-order chi connectivity index (χ0) is 22.8. The normalized spacial score (nSPS) is 11.8. The first-order valence-electron chi connectivity index (χ1n) is 10.7. The van der Waals surface area contributed by atoms with E-state index >= 15 is 0 Å². The van der Waals surface area contributed by atoms with Gasteiger partial charge in [-0.15, -0.1) is 0 Å². The van der Waals surface area contributed by atoms with Crippen molar-refractivity contribution in [2.45, 2.75) is 46.6 Å². The van der Waals surface area contributed by atoms with Crippen molar-refractivity contribution in [2.24, 2.45) is 0 Å². The van der Waals surface area contributed by atoms with Crippen molar-refractivity contribution < 1.29 is 14.6 Å². The first-order valence-corrected chi connectivity index (χ1v) is 10.7. The maximum absolute atomic E-state index is 12.7. The van der Waals surface area contributed by atoms with Crippen molar-refractivity contribution >= 4 is 17.5 Å². The standard InChI is InChI=1S/C27H33NO3/c1-6-8-10-21-18-22(14-17-25(29)20-12-15-23(28-5)16-13-20)27(31-19(3)4)24(26(21)30)11-9-7-2/h6-9,12-19,28,30H,10-11H2,1-5H3. The fourth-order valence-electron chi connectivity index (χ4n) is 3.18. The van der Waals surface area contributed by atoms with Crippen LogP contribution in [0.25, 0.3) is 6.08 Å². The number of aromatic hydroxyl groups is 1. The van der Waals surface area contributed by atoms with E-state index in [4.69, 9.17) is 4.74 Å². The number of benzene rings is 2. The number of phenolic OH excluding ortho intramolecular Hbond substituents is 1. The van der Waals surface area contributed by atoms with E-state index in [0.717, 1.165) is 22.4 Å². The third-order valence-corrected chi connectivity index (χ3v) is 4.81. The van der Waals surface area contributed by atoms with Crippen LogP contribution in [0.15, 0.2) is 60.7 Å². The minimum atomic E-state index is -0.0868. The highest BCUT2D eigenvalue weighted by Gasteiger charge is 2.18. The molecule has 4 nitrogen and oxygen atoms in total.